The molecule has 0 atom stereocenters. The molecule has 0 spiro atoms. The molecule has 1 amide bonds. The van der Waals surface area contributed by atoms with Gasteiger partial charge in [0.2, 0.25) is 5.88 Å². The van der Waals surface area contributed by atoms with E-state index >= 15 is 0 Å². The molecule has 27 heavy (non-hydrogen) atoms. The van der Waals surface area contributed by atoms with Crippen molar-refractivity contribution in [1.82, 2.24) is 15.3 Å². The van der Waals surface area contributed by atoms with Gasteiger partial charge in [0.05, 0.1) is 0 Å². The smallest absolute Gasteiger partial charge is 0.258 e. The summed E-state index contributed by atoms with van der Waals surface area (Å²) in [6.07, 6.45) is 3.10. The van der Waals surface area contributed by atoms with Gasteiger partial charge in [0.25, 0.3) is 5.91 Å². The first-order valence-corrected chi connectivity index (χ1v) is 8.65. The molecule has 136 valence electrons. The molecule has 5 heteroatoms. The van der Waals surface area contributed by atoms with Crippen LogP contribution >= 0.6 is 0 Å². The number of nitrogens with zero attached hydrogens (tertiary/aromatic N) is 2. The van der Waals surface area contributed by atoms with Crippen LogP contribution in [0.2, 0.25) is 0 Å². The Hall–Kier alpha value is -3.47. The number of hydrogen-bond donors (Lipinski definition) is 1. The van der Waals surface area contributed by atoms with Gasteiger partial charge in [-0.3, -0.25) is 4.79 Å². The van der Waals surface area contributed by atoms with E-state index in [-0.39, 0.29) is 17.4 Å². The first-order valence-electron chi connectivity index (χ1n) is 8.65. The van der Waals surface area contributed by atoms with Crippen molar-refractivity contribution >= 4 is 5.91 Å². The third-order valence-corrected chi connectivity index (χ3v) is 4.13. The van der Waals surface area contributed by atoms with Gasteiger partial charge in [-0.05, 0) is 37.1 Å². The van der Waals surface area contributed by atoms with Crippen molar-refractivity contribution in [2.75, 3.05) is 6.54 Å². The Morgan fingerprint density at radius 2 is 1.93 bits per heavy atom. The molecule has 0 fully saturated rings. The molecule has 3 aromatic rings. The Bertz CT molecular complexity index is 969. The second-order valence-corrected chi connectivity index (χ2v) is 6.13. The molecule has 0 aliphatic carbocycles. The molecule has 0 unspecified atom stereocenters. The minimum absolute atomic E-state index is 0.216. The summed E-state index contributed by atoms with van der Waals surface area (Å²) in [4.78, 5) is 21.3. The Labute approximate surface area is 158 Å². The summed E-state index contributed by atoms with van der Waals surface area (Å²) in [5, 5.41) is 2.74. The third-order valence-electron chi connectivity index (χ3n) is 4.13. The maximum Gasteiger partial charge on any atom is 0.258 e. The molecule has 0 aliphatic rings. The number of aromatic nitrogens is 2. The highest BCUT2D eigenvalue weighted by atomic mass is 16.5. The number of carbonyl (C=O) groups is 1. The lowest BCUT2D eigenvalue weighted by atomic mass is 10.1. The summed E-state index contributed by atoms with van der Waals surface area (Å²) in [5.74, 6) is 1.02. The van der Waals surface area contributed by atoms with E-state index in [4.69, 9.17) is 4.74 Å². The minimum Gasteiger partial charge on any atom is -0.438 e. The van der Waals surface area contributed by atoms with E-state index in [1.54, 1.807) is 6.08 Å². The van der Waals surface area contributed by atoms with Crippen LogP contribution in [0.3, 0.4) is 0 Å². The highest BCUT2D eigenvalue weighted by molar-refractivity contribution is 5.96. The maximum absolute atomic E-state index is 12.5. The lowest BCUT2D eigenvalue weighted by Gasteiger charge is -2.12. The number of hydrogen-bond acceptors (Lipinski definition) is 4. The number of benzene rings is 2. The molecule has 1 N–H and O–H groups in total. The summed E-state index contributed by atoms with van der Waals surface area (Å²) in [6.45, 7) is 8.00. The van der Waals surface area contributed by atoms with Crippen molar-refractivity contribution in [2.45, 2.75) is 13.8 Å². The lowest BCUT2D eigenvalue weighted by Crippen LogP contribution is -2.24. The fraction of sp³-hybridized carbons (Fsp3) is 0.136. The molecule has 0 saturated carbocycles. The molecule has 0 bridgehead atoms. The number of nitrogens with one attached hydrogen (secondary N) is 1. The van der Waals surface area contributed by atoms with Crippen LogP contribution in [-0.2, 0) is 0 Å². The number of carbonyl (C=O) groups excluding carboxylic acids is 1. The van der Waals surface area contributed by atoms with Gasteiger partial charge in [0.15, 0.2) is 5.82 Å². The Kier molecular flexibility index (Phi) is 5.61. The first-order chi connectivity index (χ1) is 13.1. The topological polar surface area (TPSA) is 64.1 Å². The molecular formula is C22H21N3O2. The van der Waals surface area contributed by atoms with Crippen LogP contribution in [-0.4, -0.2) is 22.4 Å². The van der Waals surface area contributed by atoms with Gasteiger partial charge in [-0.15, -0.1) is 6.58 Å². The number of rotatable bonds is 6. The summed E-state index contributed by atoms with van der Waals surface area (Å²) in [6, 6.07) is 15.3. The van der Waals surface area contributed by atoms with Crippen LogP contribution in [0.4, 0.5) is 0 Å². The Balaban J connectivity index is 2.01. The minimum atomic E-state index is -0.312. The van der Waals surface area contributed by atoms with Crippen molar-refractivity contribution in [3.05, 3.63) is 84.1 Å². The van der Waals surface area contributed by atoms with Gasteiger partial charge in [-0.2, -0.15) is 4.98 Å². The van der Waals surface area contributed by atoms with Crippen molar-refractivity contribution in [3.8, 4) is 23.0 Å². The second kappa shape index (κ2) is 8.27. The van der Waals surface area contributed by atoms with Crippen LogP contribution in [0.1, 0.15) is 21.5 Å². The molecule has 0 aliphatic heterocycles. The standard InChI is InChI=1S/C22H21N3O2/c1-4-12-23-21(26)19-14-24-20(17-8-6-5-7-9-17)25-22(19)27-18-11-10-15(2)16(3)13-18/h4-11,13-14H,1,12H2,2-3H3,(H,23,26). The van der Waals surface area contributed by atoms with Crippen molar-refractivity contribution in [3.63, 3.8) is 0 Å². The maximum atomic E-state index is 12.5. The van der Waals surface area contributed by atoms with E-state index in [1.165, 1.54) is 11.8 Å². The predicted octanol–water partition coefficient (Wildman–Crippen LogP) is 4.47. The number of aryl methyl sites for hydroxylation is 2. The van der Waals surface area contributed by atoms with Crippen LogP contribution in [0.15, 0.2) is 67.4 Å². The molecule has 5 nitrogen and oxygen atoms in total. The summed E-state index contributed by atoms with van der Waals surface area (Å²) in [5.41, 5.74) is 3.39. The molecule has 2 aromatic carbocycles. The Morgan fingerprint density at radius 3 is 2.63 bits per heavy atom. The first kappa shape index (κ1) is 18.3. The SMILES string of the molecule is C=CCNC(=O)c1cnc(-c2ccccc2)nc1Oc1ccc(C)c(C)c1. The molecule has 0 saturated heterocycles. The van der Waals surface area contributed by atoms with Gasteiger partial charge in [0, 0.05) is 18.3 Å². The normalized spacial score (nSPS) is 10.3. The van der Waals surface area contributed by atoms with Crippen LogP contribution in [0.5, 0.6) is 11.6 Å². The van der Waals surface area contributed by atoms with Crippen molar-refractivity contribution in [2.24, 2.45) is 0 Å². The van der Waals surface area contributed by atoms with E-state index in [0.717, 1.165) is 11.1 Å². The van der Waals surface area contributed by atoms with Gasteiger partial charge < -0.3 is 10.1 Å². The highest BCUT2D eigenvalue weighted by Crippen LogP contribution is 2.27. The molecule has 1 aromatic heterocycles. The van der Waals surface area contributed by atoms with Crippen LogP contribution < -0.4 is 10.1 Å². The molecule has 3 rings (SSSR count). The zero-order valence-electron chi connectivity index (χ0n) is 15.4. The highest BCUT2D eigenvalue weighted by Gasteiger charge is 2.17. The molecule has 1 heterocycles. The van der Waals surface area contributed by atoms with Crippen LogP contribution in [0, 0.1) is 13.8 Å². The van der Waals surface area contributed by atoms with E-state index in [2.05, 4.69) is 21.9 Å². The lowest BCUT2D eigenvalue weighted by molar-refractivity contribution is 0.0954. The molecular weight excluding hydrogens is 338 g/mol. The van der Waals surface area contributed by atoms with E-state index < -0.39 is 0 Å². The van der Waals surface area contributed by atoms with Crippen molar-refractivity contribution in [1.29, 1.82) is 0 Å². The summed E-state index contributed by atoms with van der Waals surface area (Å²) >= 11 is 0. The van der Waals surface area contributed by atoms with Crippen molar-refractivity contribution < 1.29 is 9.53 Å². The zero-order valence-corrected chi connectivity index (χ0v) is 15.4. The fourth-order valence-corrected chi connectivity index (χ4v) is 2.48. The Morgan fingerprint density at radius 1 is 1.15 bits per heavy atom. The third kappa shape index (κ3) is 4.39. The van der Waals surface area contributed by atoms with Gasteiger partial charge >= 0.3 is 0 Å². The van der Waals surface area contributed by atoms with Crippen LogP contribution in [0.25, 0.3) is 11.4 Å². The van der Waals surface area contributed by atoms with E-state index in [0.29, 0.717) is 18.1 Å². The number of ether oxygens (including phenoxy) is 1. The average molecular weight is 359 g/mol. The average Bonchev–Trinajstić information content (AvgIpc) is 2.69. The van der Waals surface area contributed by atoms with Gasteiger partial charge in [-0.25, -0.2) is 4.98 Å². The largest absolute Gasteiger partial charge is 0.438 e. The van der Waals surface area contributed by atoms with Gasteiger partial charge in [0.1, 0.15) is 11.3 Å². The predicted molar refractivity (Wildman–Crippen MR) is 106 cm³/mol. The van der Waals surface area contributed by atoms with Gasteiger partial charge in [-0.1, -0.05) is 42.5 Å². The van der Waals surface area contributed by atoms with E-state index in [1.807, 2.05) is 62.4 Å². The van der Waals surface area contributed by atoms with E-state index in [9.17, 15) is 4.79 Å². The fourth-order valence-electron chi connectivity index (χ4n) is 2.48. The summed E-state index contributed by atoms with van der Waals surface area (Å²) in [7, 11) is 0. The monoisotopic (exact) mass is 359 g/mol. The number of amides is 1. The quantitative estimate of drug-likeness (QED) is 0.660. The zero-order chi connectivity index (χ0) is 19.2. The summed E-state index contributed by atoms with van der Waals surface area (Å²) < 4.78 is 5.97. The second-order valence-electron chi connectivity index (χ2n) is 6.13. The molecule has 0 radical (unpaired) electrons.